The van der Waals surface area contributed by atoms with Crippen molar-refractivity contribution in [3.8, 4) is 0 Å². The maximum atomic E-state index is 12.9. The number of thiocarbonyl (C=S) groups is 1. The maximum absolute atomic E-state index is 12.9. The Kier molecular flexibility index (Phi) is 5.62. The summed E-state index contributed by atoms with van der Waals surface area (Å²) in [6.07, 6.45) is 0. The quantitative estimate of drug-likeness (QED) is 0.453. The number of anilines is 3. The third kappa shape index (κ3) is 4.17. The van der Waals surface area contributed by atoms with E-state index in [0.717, 1.165) is 21.2 Å². The molecule has 29 heavy (non-hydrogen) atoms. The summed E-state index contributed by atoms with van der Waals surface area (Å²) in [6.45, 7) is 0.112. The third-order valence-electron chi connectivity index (χ3n) is 4.38. The molecule has 0 atom stereocenters. The molecule has 3 N–H and O–H groups in total. The first kappa shape index (κ1) is 19.6. The average molecular weight is 441 g/mol. The Morgan fingerprint density at radius 3 is 2.10 bits per heavy atom. The highest BCUT2D eigenvalue weighted by atomic mass is 35.5. The van der Waals surface area contributed by atoms with Crippen LogP contribution in [0.3, 0.4) is 0 Å². The number of fused-ring (bicyclic) bond motifs is 2. The summed E-state index contributed by atoms with van der Waals surface area (Å²) >= 11 is 12.8. The average Bonchev–Trinajstić information content (AvgIpc) is 2.72. The lowest BCUT2D eigenvalue weighted by Gasteiger charge is -2.33. The molecule has 8 heteroatoms. The molecule has 0 saturated heterocycles. The van der Waals surface area contributed by atoms with Gasteiger partial charge in [0.2, 0.25) is 0 Å². The number of carbonyl (C=O) groups excluding carboxylic acids is 1. The highest BCUT2D eigenvalue weighted by Crippen LogP contribution is 2.47. The van der Waals surface area contributed by atoms with Crippen LogP contribution < -0.4 is 21.1 Å². The molecule has 3 aromatic carbocycles. The number of nitrogens with two attached hydrogens (primary N) is 1. The lowest BCUT2D eigenvalue weighted by atomic mass is 10.2. The Morgan fingerprint density at radius 1 is 1.00 bits per heavy atom. The second-order valence-electron chi connectivity index (χ2n) is 6.31. The van der Waals surface area contributed by atoms with Crippen LogP contribution in [-0.2, 0) is 4.79 Å². The third-order valence-corrected chi connectivity index (χ3v) is 5.94. The van der Waals surface area contributed by atoms with Crippen molar-refractivity contribution in [1.29, 1.82) is 0 Å². The first-order valence-corrected chi connectivity index (χ1v) is 10.4. The predicted octanol–water partition coefficient (Wildman–Crippen LogP) is 4.72. The first-order chi connectivity index (χ1) is 14.0. The minimum Gasteiger partial charge on any atom is -0.374 e. The summed E-state index contributed by atoms with van der Waals surface area (Å²) < 4.78 is 0. The number of benzene rings is 3. The van der Waals surface area contributed by atoms with Gasteiger partial charge in [0.15, 0.2) is 5.11 Å². The minimum absolute atomic E-state index is 0.0377. The van der Waals surface area contributed by atoms with Crippen molar-refractivity contribution in [1.82, 2.24) is 5.43 Å². The molecule has 0 aromatic heterocycles. The molecule has 1 aliphatic heterocycles. The summed E-state index contributed by atoms with van der Waals surface area (Å²) in [7, 11) is 0. The van der Waals surface area contributed by atoms with Crippen LogP contribution in [0.15, 0.2) is 82.6 Å². The predicted molar refractivity (Wildman–Crippen MR) is 123 cm³/mol. The fraction of sp³-hybridized carbons (Fsp3) is 0.0476. The normalized spacial score (nSPS) is 12.0. The van der Waals surface area contributed by atoms with E-state index < -0.39 is 0 Å². The molecule has 146 valence electrons. The fourth-order valence-electron chi connectivity index (χ4n) is 3.09. The zero-order valence-corrected chi connectivity index (χ0v) is 17.6. The fourth-order valence-corrected chi connectivity index (χ4v) is 4.46. The van der Waals surface area contributed by atoms with E-state index in [0.29, 0.717) is 10.7 Å². The van der Waals surface area contributed by atoms with E-state index >= 15 is 0 Å². The second kappa shape index (κ2) is 8.32. The minimum atomic E-state index is -0.246. The Balaban J connectivity index is 1.59. The summed E-state index contributed by atoms with van der Waals surface area (Å²) in [5, 5.41) is 2.00. The van der Waals surface area contributed by atoms with Gasteiger partial charge >= 0.3 is 0 Å². The van der Waals surface area contributed by atoms with Gasteiger partial charge in [-0.25, -0.2) is 5.01 Å². The standard InChI is InChI=1S/C21H17ClN4OS2/c22-14-9-11-15(12-10-14)26(21(23)28)24-20(27)13-25-16-5-1-3-7-18(16)29-19-8-4-2-6-17(19)25/h1-12H,13H2,(H2,23,28)(H,24,27). The number of para-hydroxylation sites is 2. The molecular weight excluding hydrogens is 424 g/mol. The van der Waals surface area contributed by atoms with Crippen LogP contribution >= 0.6 is 35.6 Å². The molecule has 0 unspecified atom stereocenters. The largest absolute Gasteiger partial charge is 0.374 e. The van der Waals surface area contributed by atoms with Gasteiger partial charge in [-0.2, -0.15) is 0 Å². The molecule has 0 bridgehead atoms. The Labute approximate surface area is 183 Å². The monoisotopic (exact) mass is 440 g/mol. The van der Waals surface area contributed by atoms with E-state index in [9.17, 15) is 4.79 Å². The molecule has 1 amide bonds. The van der Waals surface area contributed by atoms with Gasteiger partial charge in [-0.05, 0) is 60.7 Å². The van der Waals surface area contributed by atoms with Crippen molar-refractivity contribution >= 4 is 63.7 Å². The van der Waals surface area contributed by atoms with Gasteiger partial charge in [-0.15, -0.1) is 0 Å². The number of nitrogens with one attached hydrogen (secondary N) is 1. The van der Waals surface area contributed by atoms with Crippen molar-refractivity contribution in [2.45, 2.75) is 9.79 Å². The molecule has 3 aromatic rings. The summed E-state index contributed by atoms with van der Waals surface area (Å²) in [4.78, 5) is 17.1. The number of hydrazine groups is 1. The second-order valence-corrected chi connectivity index (χ2v) is 8.25. The maximum Gasteiger partial charge on any atom is 0.258 e. The molecule has 4 rings (SSSR count). The van der Waals surface area contributed by atoms with Crippen LogP contribution in [0.2, 0.25) is 5.02 Å². The van der Waals surface area contributed by atoms with E-state index in [2.05, 4.69) is 17.6 Å². The van der Waals surface area contributed by atoms with Gasteiger partial charge in [0.1, 0.15) is 6.54 Å². The van der Waals surface area contributed by atoms with Crippen LogP contribution in [0.1, 0.15) is 0 Å². The van der Waals surface area contributed by atoms with Gasteiger partial charge in [-0.3, -0.25) is 10.2 Å². The number of amides is 1. The van der Waals surface area contributed by atoms with Gasteiger partial charge in [0, 0.05) is 14.8 Å². The van der Waals surface area contributed by atoms with Crippen molar-refractivity contribution in [3.05, 3.63) is 77.8 Å². The van der Waals surface area contributed by atoms with Crippen LogP contribution in [0.4, 0.5) is 17.1 Å². The summed E-state index contributed by atoms with van der Waals surface area (Å²) in [5.74, 6) is -0.246. The Morgan fingerprint density at radius 2 is 1.55 bits per heavy atom. The SMILES string of the molecule is NC(=S)N(NC(=O)CN1c2ccccc2Sc2ccccc21)c1ccc(Cl)cc1. The smallest absolute Gasteiger partial charge is 0.258 e. The van der Waals surface area contributed by atoms with Gasteiger partial charge in [0.25, 0.3) is 5.91 Å². The number of carbonyl (C=O) groups is 1. The van der Waals surface area contributed by atoms with E-state index in [1.165, 1.54) is 5.01 Å². The molecule has 0 aliphatic carbocycles. The zero-order chi connectivity index (χ0) is 20.4. The first-order valence-electron chi connectivity index (χ1n) is 8.81. The van der Waals surface area contributed by atoms with Crippen LogP contribution in [0.5, 0.6) is 0 Å². The highest BCUT2D eigenvalue weighted by molar-refractivity contribution is 7.99. The van der Waals surface area contributed by atoms with Crippen molar-refractivity contribution in [3.63, 3.8) is 0 Å². The van der Waals surface area contributed by atoms with Gasteiger partial charge < -0.3 is 10.6 Å². The Hall–Kier alpha value is -2.74. The molecule has 1 aliphatic rings. The van der Waals surface area contributed by atoms with Crippen LogP contribution in [0.25, 0.3) is 0 Å². The molecule has 5 nitrogen and oxygen atoms in total. The number of rotatable bonds is 3. The van der Waals surface area contributed by atoms with Crippen molar-refractivity contribution in [2.24, 2.45) is 5.73 Å². The lowest BCUT2D eigenvalue weighted by molar-refractivity contribution is -0.119. The van der Waals surface area contributed by atoms with Gasteiger partial charge in [-0.1, -0.05) is 47.6 Å². The summed E-state index contributed by atoms with van der Waals surface area (Å²) in [6, 6.07) is 22.9. The number of halogens is 1. The lowest BCUT2D eigenvalue weighted by Crippen LogP contribution is -2.51. The van der Waals surface area contributed by atoms with Crippen LogP contribution in [0, 0.1) is 0 Å². The highest BCUT2D eigenvalue weighted by Gasteiger charge is 2.25. The Bertz CT molecular complexity index is 1030. The van der Waals surface area contributed by atoms with Crippen molar-refractivity contribution in [2.75, 3.05) is 16.5 Å². The van der Waals surface area contributed by atoms with Crippen molar-refractivity contribution < 1.29 is 4.79 Å². The molecule has 0 saturated carbocycles. The topological polar surface area (TPSA) is 61.6 Å². The van der Waals surface area contributed by atoms with Crippen LogP contribution in [-0.4, -0.2) is 17.6 Å². The van der Waals surface area contributed by atoms with E-state index in [-0.39, 0.29) is 17.6 Å². The number of hydrogen-bond donors (Lipinski definition) is 2. The number of nitrogens with zero attached hydrogens (tertiary/aromatic N) is 2. The molecular formula is C21H17ClN4OS2. The summed E-state index contributed by atoms with van der Waals surface area (Å²) in [5.41, 5.74) is 11.2. The van der Waals surface area contributed by atoms with E-state index in [4.69, 9.17) is 29.6 Å². The molecule has 1 heterocycles. The van der Waals surface area contributed by atoms with E-state index in [1.807, 2.05) is 41.3 Å². The molecule has 0 radical (unpaired) electrons. The van der Waals surface area contributed by atoms with Gasteiger partial charge in [0.05, 0.1) is 17.1 Å². The van der Waals surface area contributed by atoms with E-state index in [1.54, 1.807) is 36.0 Å². The molecule has 0 fully saturated rings. The zero-order valence-electron chi connectivity index (χ0n) is 15.2. The molecule has 0 spiro atoms. The number of hydrogen-bond acceptors (Lipinski definition) is 4.